The summed E-state index contributed by atoms with van der Waals surface area (Å²) >= 11 is 0. The van der Waals surface area contributed by atoms with Gasteiger partial charge in [-0.3, -0.25) is 0 Å². The van der Waals surface area contributed by atoms with Crippen LogP contribution in [0.3, 0.4) is 0 Å². The lowest BCUT2D eigenvalue weighted by atomic mass is 10.6. The van der Waals surface area contributed by atoms with Gasteiger partial charge in [-0.2, -0.15) is 0 Å². The van der Waals surface area contributed by atoms with E-state index >= 15 is 0 Å². The van der Waals surface area contributed by atoms with Crippen LogP contribution in [0.1, 0.15) is 13.8 Å². The summed E-state index contributed by atoms with van der Waals surface area (Å²) in [5.74, 6) is 0. The van der Waals surface area contributed by atoms with Crippen molar-refractivity contribution in [2.45, 2.75) is 13.8 Å². The fraction of sp³-hybridized carbons (Fsp3) is 1.00. The predicted molar refractivity (Wildman–Crippen MR) is 38.5 cm³/mol. The number of nitrogens with zero attached hydrogens (tertiary/aromatic N) is 1. The zero-order valence-electron chi connectivity index (χ0n) is 6.49. The van der Waals surface area contributed by atoms with E-state index < -0.39 is 10.6 Å². The minimum atomic E-state index is -3.11. The molecule has 0 aromatic rings. The average Bonchev–Trinajstić information content (AvgIpc) is 1.85. The maximum Gasteiger partial charge on any atom is 0.425 e. The molecule has 4 nitrogen and oxygen atoms in total. The Hall–Kier alpha value is -0.420. The van der Waals surface area contributed by atoms with Crippen molar-refractivity contribution >= 4 is 10.6 Å². The molecule has 62 valence electrons. The molecule has 0 N–H and O–H groups in total. The Balaban J connectivity index is 0. The molecule has 0 bridgehead atoms. The topological polar surface area (TPSA) is 54.5 Å². The van der Waals surface area contributed by atoms with Crippen molar-refractivity contribution < 1.29 is 12.6 Å². The van der Waals surface area contributed by atoms with Crippen LogP contribution in [0, 0.1) is 0 Å². The van der Waals surface area contributed by atoms with Gasteiger partial charge in [-0.15, -0.1) is 12.6 Å². The van der Waals surface area contributed by atoms with Gasteiger partial charge in [-0.1, -0.05) is 13.8 Å². The Bertz CT molecular complexity index is 138. The number of hydrogen-bond donors (Lipinski definition) is 0. The van der Waals surface area contributed by atoms with E-state index in [1.54, 1.807) is 0 Å². The van der Waals surface area contributed by atoms with Gasteiger partial charge in [0.1, 0.15) is 0 Å². The monoisotopic (exact) mass is 167 g/mol. The normalized spacial score (nSPS) is 8.40. The van der Waals surface area contributed by atoms with Crippen molar-refractivity contribution in [2.24, 2.45) is 0 Å². The standard InChI is InChI=1S/C5H13N.O3S/c1-4-6(3)5-2;1-4(2)3/h4-5H2,1-3H3;. The second-order valence-corrected chi connectivity index (χ2v) is 2.10. The molecule has 5 heteroatoms. The van der Waals surface area contributed by atoms with Crippen LogP contribution >= 0.6 is 0 Å². The van der Waals surface area contributed by atoms with Crippen LogP contribution in [-0.4, -0.2) is 37.7 Å². The Morgan fingerprint density at radius 2 is 1.30 bits per heavy atom. The summed E-state index contributed by atoms with van der Waals surface area (Å²) < 4.78 is 25.3. The van der Waals surface area contributed by atoms with Gasteiger partial charge in [0.2, 0.25) is 0 Å². The summed E-state index contributed by atoms with van der Waals surface area (Å²) in [5, 5.41) is 0. The first-order valence-electron chi connectivity index (χ1n) is 2.99. The molecule has 0 aliphatic carbocycles. The Morgan fingerprint density at radius 3 is 1.30 bits per heavy atom. The van der Waals surface area contributed by atoms with E-state index in [2.05, 4.69) is 25.8 Å². The van der Waals surface area contributed by atoms with E-state index in [-0.39, 0.29) is 0 Å². The molecular weight excluding hydrogens is 154 g/mol. The van der Waals surface area contributed by atoms with E-state index in [4.69, 9.17) is 12.6 Å². The summed E-state index contributed by atoms with van der Waals surface area (Å²) in [6, 6.07) is 0. The summed E-state index contributed by atoms with van der Waals surface area (Å²) in [6.45, 7) is 6.64. The third-order valence-corrected chi connectivity index (χ3v) is 1.08. The molecule has 0 aliphatic rings. The Labute approximate surface area is 62.9 Å². The minimum absolute atomic E-state index is 1.16. The Morgan fingerprint density at radius 1 is 1.10 bits per heavy atom. The highest BCUT2D eigenvalue weighted by Crippen LogP contribution is 1.73. The van der Waals surface area contributed by atoms with Crippen LogP contribution in [0.25, 0.3) is 0 Å². The molecule has 10 heavy (non-hydrogen) atoms. The van der Waals surface area contributed by atoms with Crippen LogP contribution in [0.4, 0.5) is 0 Å². The average molecular weight is 167 g/mol. The zero-order chi connectivity index (χ0) is 8.57. The lowest BCUT2D eigenvalue weighted by molar-refractivity contribution is 0.373. The third kappa shape index (κ3) is 25.6. The van der Waals surface area contributed by atoms with Crippen molar-refractivity contribution in [3.8, 4) is 0 Å². The van der Waals surface area contributed by atoms with Crippen molar-refractivity contribution in [3.63, 3.8) is 0 Å². The summed E-state index contributed by atoms with van der Waals surface area (Å²) in [4.78, 5) is 2.25. The van der Waals surface area contributed by atoms with Crippen molar-refractivity contribution in [1.29, 1.82) is 0 Å². The number of hydrogen-bond acceptors (Lipinski definition) is 4. The lowest BCUT2D eigenvalue weighted by Crippen LogP contribution is -2.15. The number of rotatable bonds is 2. The minimum Gasteiger partial charge on any atom is -0.307 e. The molecule has 0 aromatic heterocycles. The molecule has 0 aromatic carbocycles. The second kappa shape index (κ2) is 8.58. The molecule has 0 aliphatic heterocycles. The van der Waals surface area contributed by atoms with Crippen molar-refractivity contribution in [1.82, 2.24) is 4.90 Å². The zero-order valence-corrected chi connectivity index (χ0v) is 7.31. The quantitative estimate of drug-likeness (QED) is 0.579. The van der Waals surface area contributed by atoms with Gasteiger partial charge in [0, 0.05) is 0 Å². The predicted octanol–water partition coefficient (Wildman–Crippen LogP) is -0.0461. The van der Waals surface area contributed by atoms with Gasteiger partial charge in [0.05, 0.1) is 0 Å². The molecule has 0 saturated heterocycles. The highest BCUT2D eigenvalue weighted by atomic mass is 32.2. The maximum absolute atomic E-state index is 8.44. The molecule has 0 rings (SSSR count). The van der Waals surface area contributed by atoms with Crippen LogP contribution in [0.5, 0.6) is 0 Å². The Kier molecular flexibility index (Phi) is 10.5. The molecule has 0 fully saturated rings. The highest BCUT2D eigenvalue weighted by Gasteiger charge is 1.81. The van der Waals surface area contributed by atoms with Gasteiger partial charge in [-0.25, -0.2) is 0 Å². The SMILES string of the molecule is CCN(C)CC.O=S(=O)=O. The summed E-state index contributed by atoms with van der Waals surface area (Å²) in [7, 11) is -1.000. The van der Waals surface area contributed by atoms with E-state index in [1.807, 2.05) is 0 Å². The van der Waals surface area contributed by atoms with Gasteiger partial charge < -0.3 is 4.90 Å². The molecule has 0 amide bonds. The van der Waals surface area contributed by atoms with Gasteiger partial charge in [0.15, 0.2) is 0 Å². The van der Waals surface area contributed by atoms with Crippen molar-refractivity contribution in [2.75, 3.05) is 20.1 Å². The molecule has 0 heterocycles. The second-order valence-electron chi connectivity index (χ2n) is 1.69. The smallest absolute Gasteiger partial charge is 0.307 e. The van der Waals surface area contributed by atoms with E-state index in [0.717, 1.165) is 13.1 Å². The summed E-state index contributed by atoms with van der Waals surface area (Å²) in [6.07, 6.45) is 0. The molecule has 0 atom stereocenters. The van der Waals surface area contributed by atoms with E-state index in [9.17, 15) is 0 Å². The first kappa shape index (κ1) is 12.3. The highest BCUT2D eigenvalue weighted by molar-refractivity contribution is 7.59. The van der Waals surface area contributed by atoms with Crippen LogP contribution in [0.2, 0.25) is 0 Å². The first-order chi connectivity index (χ1) is 4.54. The molecule has 0 spiro atoms. The lowest BCUT2D eigenvalue weighted by Gasteiger charge is -2.07. The molecule has 0 saturated carbocycles. The fourth-order valence-corrected chi connectivity index (χ4v) is 0.224. The van der Waals surface area contributed by atoms with Crippen LogP contribution in [0.15, 0.2) is 0 Å². The largest absolute Gasteiger partial charge is 0.425 e. The fourth-order valence-electron chi connectivity index (χ4n) is 0.224. The van der Waals surface area contributed by atoms with E-state index in [1.165, 1.54) is 0 Å². The maximum atomic E-state index is 8.44. The summed E-state index contributed by atoms with van der Waals surface area (Å²) in [5.41, 5.74) is 0. The van der Waals surface area contributed by atoms with Gasteiger partial charge >= 0.3 is 10.6 Å². The third-order valence-electron chi connectivity index (χ3n) is 1.08. The van der Waals surface area contributed by atoms with Gasteiger partial charge in [-0.05, 0) is 20.1 Å². The molecule has 0 unspecified atom stereocenters. The molecule has 0 radical (unpaired) electrons. The van der Waals surface area contributed by atoms with Crippen LogP contribution in [-0.2, 0) is 10.6 Å². The van der Waals surface area contributed by atoms with E-state index in [0.29, 0.717) is 0 Å². The van der Waals surface area contributed by atoms with Crippen LogP contribution < -0.4 is 0 Å². The van der Waals surface area contributed by atoms with Gasteiger partial charge in [0.25, 0.3) is 0 Å². The van der Waals surface area contributed by atoms with Crippen molar-refractivity contribution in [3.05, 3.63) is 0 Å². The molecular formula is C5H13NO3S. The first-order valence-corrected chi connectivity index (χ1v) is 3.99.